The summed E-state index contributed by atoms with van der Waals surface area (Å²) in [6, 6.07) is 18.4. The van der Waals surface area contributed by atoms with Gasteiger partial charge in [-0.1, -0.05) is 30.3 Å². The third kappa shape index (κ3) is 3.49. The fraction of sp³-hybridized carbons (Fsp3) is 0.250. The van der Waals surface area contributed by atoms with Crippen LogP contribution < -0.4 is 5.32 Å². The number of thioether (sulfide) groups is 1. The molecule has 0 fully saturated rings. The van der Waals surface area contributed by atoms with Crippen molar-refractivity contribution in [2.75, 3.05) is 12.8 Å². The van der Waals surface area contributed by atoms with E-state index in [9.17, 15) is 4.79 Å². The third-order valence-corrected chi connectivity index (χ3v) is 5.01. The van der Waals surface area contributed by atoms with Crippen LogP contribution in [-0.4, -0.2) is 23.3 Å². The van der Waals surface area contributed by atoms with Crippen molar-refractivity contribution in [3.05, 3.63) is 65.9 Å². The van der Waals surface area contributed by atoms with Crippen LogP contribution in [0.25, 0.3) is 10.9 Å². The zero-order chi connectivity index (χ0) is 16.9. The molecule has 0 spiro atoms. The van der Waals surface area contributed by atoms with Crippen molar-refractivity contribution >= 4 is 28.6 Å². The van der Waals surface area contributed by atoms with Crippen molar-refractivity contribution in [3.63, 3.8) is 0 Å². The van der Waals surface area contributed by atoms with Crippen LogP contribution in [0.4, 0.5) is 0 Å². The average molecular weight is 338 g/mol. The molecule has 0 saturated heterocycles. The van der Waals surface area contributed by atoms with Gasteiger partial charge in [0.15, 0.2) is 0 Å². The van der Waals surface area contributed by atoms with E-state index < -0.39 is 0 Å². The molecule has 1 amide bonds. The number of rotatable bonds is 6. The zero-order valence-corrected chi connectivity index (χ0v) is 14.9. The quantitative estimate of drug-likeness (QED) is 0.531. The van der Waals surface area contributed by atoms with Crippen LogP contribution in [0.1, 0.15) is 22.5 Å². The summed E-state index contributed by atoms with van der Waals surface area (Å²) < 4.78 is 2.32. The van der Waals surface area contributed by atoms with Crippen molar-refractivity contribution in [2.24, 2.45) is 0 Å². The normalized spacial score (nSPS) is 10.9. The molecule has 0 atom stereocenters. The second-order valence-electron chi connectivity index (χ2n) is 5.81. The van der Waals surface area contributed by atoms with E-state index in [1.54, 1.807) is 11.8 Å². The lowest BCUT2D eigenvalue weighted by molar-refractivity contribution is 0.0950. The number of aromatic nitrogens is 1. The van der Waals surface area contributed by atoms with Gasteiger partial charge >= 0.3 is 0 Å². The Hall–Kier alpha value is -2.20. The van der Waals surface area contributed by atoms with Crippen LogP contribution in [-0.2, 0) is 6.54 Å². The van der Waals surface area contributed by atoms with Crippen LogP contribution in [0, 0.1) is 6.92 Å². The van der Waals surface area contributed by atoms with Gasteiger partial charge in [-0.2, -0.15) is 0 Å². The number of hydrogen-bond donors (Lipinski definition) is 1. The van der Waals surface area contributed by atoms with Gasteiger partial charge in [0.05, 0.1) is 5.56 Å². The highest BCUT2D eigenvalue weighted by Crippen LogP contribution is 2.20. The summed E-state index contributed by atoms with van der Waals surface area (Å²) in [6.07, 6.45) is 2.90. The molecule has 2 aromatic carbocycles. The Morgan fingerprint density at radius 2 is 1.88 bits per heavy atom. The summed E-state index contributed by atoms with van der Waals surface area (Å²) in [4.78, 5) is 13.3. The molecule has 3 rings (SSSR count). The molecule has 1 aromatic heterocycles. The molecule has 0 aliphatic rings. The van der Waals surface area contributed by atoms with Crippen LogP contribution >= 0.6 is 11.8 Å². The molecule has 1 N–H and O–H groups in total. The van der Waals surface area contributed by atoms with Gasteiger partial charge < -0.3 is 9.88 Å². The minimum absolute atomic E-state index is 0.00837. The lowest BCUT2D eigenvalue weighted by Gasteiger charge is -2.10. The molecule has 0 aliphatic heterocycles. The fourth-order valence-electron chi connectivity index (χ4n) is 3.01. The molecule has 0 unspecified atom stereocenters. The SMILES string of the molecule is CSc1ccccc1C(=O)NCCCn1c(C)cc2ccccc21. The molecule has 0 radical (unpaired) electrons. The van der Waals surface area contributed by atoms with Crippen LogP contribution in [0.2, 0.25) is 0 Å². The van der Waals surface area contributed by atoms with Gasteiger partial charge in [0.2, 0.25) is 0 Å². The van der Waals surface area contributed by atoms with Crippen LogP contribution in [0.3, 0.4) is 0 Å². The van der Waals surface area contributed by atoms with E-state index in [4.69, 9.17) is 0 Å². The predicted molar refractivity (Wildman–Crippen MR) is 102 cm³/mol. The number of carbonyl (C=O) groups is 1. The molecule has 4 heteroatoms. The molecule has 3 aromatic rings. The number of benzene rings is 2. The van der Waals surface area contributed by atoms with Gasteiger partial charge in [0, 0.05) is 29.2 Å². The van der Waals surface area contributed by atoms with Crippen molar-refractivity contribution in [2.45, 2.75) is 24.8 Å². The summed E-state index contributed by atoms with van der Waals surface area (Å²) in [5.74, 6) is 0.00837. The maximum absolute atomic E-state index is 12.3. The Labute approximate surface area is 147 Å². The van der Waals surface area contributed by atoms with Gasteiger partial charge in [-0.15, -0.1) is 11.8 Å². The third-order valence-electron chi connectivity index (χ3n) is 4.21. The second-order valence-corrected chi connectivity index (χ2v) is 6.65. The highest BCUT2D eigenvalue weighted by atomic mass is 32.2. The molecule has 24 heavy (non-hydrogen) atoms. The number of nitrogens with zero attached hydrogens (tertiary/aromatic N) is 1. The number of fused-ring (bicyclic) bond motifs is 1. The van der Waals surface area contributed by atoms with Crippen LogP contribution in [0.15, 0.2) is 59.5 Å². The molecular formula is C20H22N2OS. The number of carbonyl (C=O) groups excluding carboxylic acids is 1. The monoisotopic (exact) mass is 338 g/mol. The molecule has 0 aliphatic carbocycles. The standard InChI is InChI=1S/C20H22N2OS/c1-15-14-16-8-3-5-10-18(16)22(15)13-7-12-21-20(23)17-9-4-6-11-19(17)24-2/h3-6,8-11,14H,7,12-13H2,1-2H3,(H,21,23). The van der Waals surface area contributed by atoms with Crippen LogP contribution in [0.5, 0.6) is 0 Å². The van der Waals surface area contributed by atoms with E-state index in [-0.39, 0.29) is 5.91 Å². The van der Waals surface area contributed by atoms with Gasteiger partial charge in [-0.05, 0) is 49.3 Å². The van der Waals surface area contributed by atoms with E-state index in [1.165, 1.54) is 16.6 Å². The number of aryl methyl sites for hydroxylation is 2. The Bertz CT molecular complexity index is 854. The second kappa shape index (κ2) is 7.58. The van der Waals surface area contributed by atoms with E-state index in [0.717, 1.165) is 23.4 Å². The highest BCUT2D eigenvalue weighted by Gasteiger charge is 2.10. The van der Waals surface area contributed by atoms with E-state index in [2.05, 4.69) is 47.1 Å². The topological polar surface area (TPSA) is 34.0 Å². The Balaban J connectivity index is 1.59. The smallest absolute Gasteiger partial charge is 0.252 e. The minimum Gasteiger partial charge on any atom is -0.352 e. The predicted octanol–water partition coefficient (Wildman–Crippen LogP) is 4.49. The summed E-state index contributed by atoms with van der Waals surface area (Å²) in [7, 11) is 0. The van der Waals surface area contributed by atoms with Gasteiger partial charge in [-0.25, -0.2) is 0 Å². The summed E-state index contributed by atoms with van der Waals surface area (Å²) in [6.45, 7) is 3.71. The van der Waals surface area contributed by atoms with Gasteiger partial charge in [0.1, 0.15) is 0 Å². The molecule has 124 valence electrons. The minimum atomic E-state index is 0.00837. The first-order valence-corrected chi connectivity index (χ1v) is 9.39. The molecule has 3 nitrogen and oxygen atoms in total. The lowest BCUT2D eigenvalue weighted by atomic mass is 10.2. The van der Waals surface area contributed by atoms with Crippen molar-refractivity contribution < 1.29 is 4.79 Å². The zero-order valence-electron chi connectivity index (χ0n) is 14.1. The van der Waals surface area contributed by atoms with E-state index in [1.807, 2.05) is 30.5 Å². The van der Waals surface area contributed by atoms with Crippen molar-refractivity contribution in [3.8, 4) is 0 Å². The Morgan fingerprint density at radius 1 is 1.12 bits per heavy atom. The largest absolute Gasteiger partial charge is 0.352 e. The maximum atomic E-state index is 12.3. The Morgan fingerprint density at radius 3 is 2.71 bits per heavy atom. The molecule has 0 saturated carbocycles. The first-order chi connectivity index (χ1) is 11.7. The van der Waals surface area contributed by atoms with Crippen molar-refractivity contribution in [1.29, 1.82) is 0 Å². The number of hydrogen-bond acceptors (Lipinski definition) is 2. The van der Waals surface area contributed by atoms with Gasteiger partial charge in [-0.3, -0.25) is 4.79 Å². The highest BCUT2D eigenvalue weighted by molar-refractivity contribution is 7.98. The molecule has 0 bridgehead atoms. The average Bonchev–Trinajstić information content (AvgIpc) is 2.93. The Kier molecular flexibility index (Phi) is 5.26. The number of para-hydroxylation sites is 1. The van der Waals surface area contributed by atoms with Gasteiger partial charge in [0.25, 0.3) is 5.91 Å². The molecular weight excluding hydrogens is 316 g/mol. The number of nitrogens with one attached hydrogen (secondary N) is 1. The summed E-state index contributed by atoms with van der Waals surface area (Å²) in [5.41, 5.74) is 3.27. The lowest BCUT2D eigenvalue weighted by Crippen LogP contribution is -2.25. The van der Waals surface area contributed by atoms with E-state index in [0.29, 0.717) is 6.54 Å². The first-order valence-electron chi connectivity index (χ1n) is 8.17. The molecule has 1 heterocycles. The summed E-state index contributed by atoms with van der Waals surface area (Å²) >= 11 is 1.60. The number of amides is 1. The summed E-state index contributed by atoms with van der Waals surface area (Å²) in [5, 5.41) is 4.31. The first kappa shape index (κ1) is 16.7. The van der Waals surface area contributed by atoms with E-state index >= 15 is 0 Å². The maximum Gasteiger partial charge on any atom is 0.252 e. The van der Waals surface area contributed by atoms with Crippen molar-refractivity contribution in [1.82, 2.24) is 9.88 Å². The fourth-order valence-corrected chi connectivity index (χ4v) is 3.61.